The summed E-state index contributed by atoms with van der Waals surface area (Å²) in [5.41, 5.74) is 7.34. The molecule has 1 aliphatic rings. The second kappa shape index (κ2) is 8.46. The molecule has 4 nitrogen and oxygen atoms in total. The van der Waals surface area contributed by atoms with Crippen LogP contribution >= 0.6 is 0 Å². The number of carbonyl (C=O) groups excluding carboxylic acids is 1. The Bertz CT molecular complexity index is 491. The zero-order valence-corrected chi connectivity index (χ0v) is 14.7. The maximum Gasteiger partial charge on any atom is 0.227 e. The fraction of sp³-hybridized carbons (Fsp3) is 0.632. The second-order valence-corrected chi connectivity index (χ2v) is 6.93. The third-order valence-electron chi connectivity index (χ3n) is 4.89. The third kappa shape index (κ3) is 4.79. The summed E-state index contributed by atoms with van der Waals surface area (Å²) < 4.78 is 0. The molecular weight excluding hydrogens is 286 g/mol. The van der Waals surface area contributed by atoms with Gasteiger partial charge in [-0.3, -0.25) is 4.79 Å². The minimum atomic E-state index is -0.231. The molecule has 3 unspecified atom stereocenters. The van der Waals surface area contributed by atoms with Crippen LogP contribution in [0.25, 0.3) is 0 Å². The molecule has 0 radical (unpaired) electrons. The number of benzene rings is 1. The van der Waals surface area contributed by atoms with Gasteiger partial charge in [-0.1, -0.05) is 44.2 Å². The highest BCUT2D eigenvalue weighted by molar-refractivity contribution is 5.79. The van der Waals surface area contributed by atoms with Crippen molar-refractivity contribution in [3.05, 3.63) is 35.9 Å². The zero-order valence-electron chi connectivity index (χ0n) is 14.7. The molecule has 0 saturated carbocycles. The van der Waals surface area contributed by atoms with Gasteiger partial charge in [0.25, 0.3) is 0 Å². The van der Waals surface area contributed by atoms with Crippen molar-refractivity contribution in [2.75, 3.05) is 33.2 Å². The highest BCUT2D eigenvalue weighted by Crippen LogP contribution is 2.25. The fourth-order valence-electron chi connectivity index (χ4n) is 3.50. The van der Waals surface area contributed by atoms with E-state index in [1.54, 1.807) is 0 Å². The Morgan fingerprint density at radius 1 is 1.39 bits per heavy atom. The van der Waals surface area contributed by atoms with Crippen LogP contribution in [-0.4, -0.2) is 48.9 Å². The van der Waals surface area contributed by atoms with Gasteiger partial charge in [-0.2, -0.15) is 0 Å². The van der Waals surface area contributed by atoms with Gasteiger partial charge in [-0.15, -0.1) is 0 Å². The molecule has 3 atom stereocenters. The van der Waals surface area contributed by atoms with Crippen molar-refractivity contribution in [3.63, 3.8) is 0 Å². The normalized spacial score (nSPS) is 20.7. The largest absolute Gasteiger partial charge is 0.342 e. The molecule has 2 rings (SSSR count). The van der Waals surface area contributed by atoms with E-state index in [1.807, 2.05) is 42.2 Å². The van der Waals surface area contributed by atoms with Crippen molar-refractivity contribution in [2.24, 2.45) is 17.6 Å². The van der Waals surface area contributed by atoms with Crippen molar-refractivity contribution < 1.29 is 4.79 Å². The van der Waals surface area contributed by atoms with Crippen LogP contribution in [0.3, 0.4) is 0 Å². The third-order valence-corrected chi connectivity index (χ3v) is 4.89. The Hall–Kier alpha value is -1.39. The number of carbonyl (C=O) groups is 1. The first-order chi connectivity index (χ1) is 11.0. The van der Waals surface area contributed by atoms with Gasteiger partial charge < -0.3 is 15.5 Å². The van der Waals surface area contributed by atoms with Gasteiger partial charge in [0, 0.05) is 25.7 Å². The molecule has 1 saturated heterocycles. The molecule has 1 aromatic rings. The van der Waals surface area contributed by atoms with Crippen LogP contribution in [0.2, 0.25) is 0 Å². The molecule has 0 spiro atoms. The number of amides is 1. The first kappa shape index (κ1) is 18.0. The highest BCUT2D eigenvalue weighted by atomic mass is 16.2. The molecule has 1 heterocycles. The Morgan fingerprint density at radius 3 is 2.74 bits per heavy atom. The monoisotopic (exact) mass is 317 g/mol. The summed E-state index contributed by atoms with van der Waals surface area (Å²) in [5.74, 6) is 0.613. The lowest BCUT2D eigenvalue weighted by Gasteiger charge is -2.26. The van der Waals surface area contributed by atoms with E-state index in [-0.39, 0.29) is 17.9 Å². The summed E-state index contributed by atoms with van der Waals surface area (Å²) >= 11 is 0. The number of rotatable bonds is 7. The molecule has 1 aliphatic heterocycles. The highest BCUT2D eigenvalue weighted by Gasteiger charge is 2.32. The van der Waals surface area contributed by atoms with E-state index < -0.39 is 0 Å². The predicted molar refractivity (Wildman–Crippen MR) is 95.0 cm³/mol. The van der Waals surface area contributed by atoms with Crippen LogP contribution in [-0.2, 0) is 4.79 Å². The standard InChI is InChI=1S/C19H31N3O/c1-4-11-21(3)13-16-10-12-22(14-16)19(23)15(2)18(20)17-8-6-5-7-9-17/h5-9,15-16,18H,4,10-14,20H2,1-3H3. The topological polar surface area (TPSA) is 49.6 Å². The molecule has 1 fully saturated rings. The molecule has 0 bridgehead atoms. The molecule has 128 valence electrons. The molecular formula is C19H31N3O. The number of nitrogens with two attached hydrogens (primary N) is 1. The first-order valence-electron chi connectivity index (χ1n) is 8.80. The van der Waals surface area contributed by atoms with Gasteiger partial charge in [0.1, 0.15) is 0 Å². The lowest BCUT2D eigenvalue weighted by atomic mass is 9.94. The van der Waals surface area contributed by atoms with Crippen LogP contribution in [0.15, 0.2) is 30.3 Å². The van der Waals surface area contributed by atoms with E-state index in [4.69, 9.17) is 5.73 Å². The number of hydrogen-bond acceptors (Lipinski definition) is 3. The maximum atomic E-state index is 12.7. The Labute approximate surface area is 140 Å². The van der Waals surface area contributed by atoms with Crippen molar-refractivity contribution in [3.8, 4) is 0 Å². The minimum absolute atomic E-state index is 0.176. The van der Waals surface area contributed by atoms with E-state index >= 15 is 0 Å². The van der Waals surface area contributed by atoms with Crippen molar-refractivity contribution in [2.45, 2.75) is 32.7 Å². The Kier molecular flexibility index (Phi) is 6.60. The summed E-state index contributed by atoms with van der Waals surface area (Å²) in [6.45, 7) is 8.11. The molecule has 23 heavy (non-hydrogen) atoms. The fourth-order valence-corrected chi connectivity index (χ4v) is 3.50. The second-order valence-electron chi connectivity index (χ2n) is 6.93. The summed E-state index contributed by atoms with van der Waals surface area (Å²) in [5, 5.41) is 0. The molecule has 0 aliphatic carbocycles. The van der Waals surface area contributed by atoms with E-state index in [9.17, 15) is 4.79 Å². The van der Waals surface area contributed by atoms with Crippen LogP contribution in [0.5, 0.6) is 0 Å². The van der Waals surface area contributed by atoms with E-state index in [0.717, 1.165) is 38.2 Å². The Morgan fingerprint density at radius 2 is 2.09 bits per heavy atom. The Balaban J connectivity index is 1.88. The van der Waals surface area contributed by atoms with Crippen molar-refractivity contribution in [1.29, 1.82) is 0 Å². The molecule has 1 aromatic carbocycles. The molecule has 1 amide bonds. The van der Waals surface area contributed by atoms with Crippen LogP contribution in [0.1, 0.15) is 38.3 Å². The quantitative estimate of drug-likeness (QED) is 0.840. The SMILES string of the molecule is CCCN(C)CC1CCN(C(=O)C(C)C(N)c2ccccc2)C1. The van der Waals surface area contributed by atoms with E-state index in [2.05, 4.69) is 18.9 Å². The summed E-state index contributed by atoms with van der Waals surface area (Å²) in [4.78, 5) is 17.1. The van der Waals surface area contributed by atoms with Gasteiger partial charge >= 0.3 is 0 Å². The van der Waals surface area contributed by atoms with Gasteiger partial charge in [-0.05, 0) is 37.9 Å². The zero-order chi connectivity index (χ0) is 16.8. The summed E-state index contributed by atoms with van der Waals surface area (Å²) in [6.07, 6.45) is 2.28. The summed E-state index contributed by atoms with van der Waals surface area (Å²) in [6, 6.07) is 9.69. The minimum Gasteiger partial charge on any atom is -0.342 e. The number of nitrogens with zero attached hydrogens (tertiary/aromatic N) is 2. The van der Waals surface area contributed by atoms with Gasteiger partial charge in [0.15, 0.2) is 0 Å². The smallest absolute Gasteiger partial charge is 0.227 e. The van der Waals surface area contributed by atoms with E-state index in [0.29, 0.717) is 5.92 Å². The van der Waals surface area contributed by atoms with Crippen molar-refractivity contribution >= 4 is 5.91 Å². The summed E-state index contributed by atoms with van der Waals surface area (Å²) in [7, 11) is 2.17. The van der Waals surface area contributed by atoms with Crippen LogP contribution < -0.4 is 5.73 Å². The first-order valence-corrected chi connectivity index (χ1v) is 8.80. The predicted octanol–water partition coefficient (Wildman–Crippen LogP) is 2.51. The van der Waals surface area contributed by atoms with Crippen LogP contribution in [0.4, 0.5) is 0 Å². The van der Waals surface area contributed by atoms with E-state index in [1.165, 1.54) is 6.42 Å². The van der Waals surface area contributed by atoms with Gasteiger partial charge in [-0.25, -0.2) is 0 Å². The number of likely N-dealkylation sites (tertiary alicyclic amines) is 1. The maximum absolute atomic E-state index is 12.7. The average molecular weight is 317 g/mol. The lowest BCUT2D eigenvalue weighted by molar-refractivity contribution is -0.134. The average Bonchev–Trinajstić information content (AvgIpc) is 3.02. The molecule has 4 heteroatoms. The molecule has 2 N–H and O–H groups in total. The van der Waals surface area contributed by atoms with Gasteiger partial charge in [0.2, 0.25) is 5.91 Å². The number of hydrogen-bond donors (Lipinski definition) is 1. The van der Waals surface area contributed by atoms with Gasteiger partial charge in [0.05, 0.1) is 5.92 Å². The van der Waals surface area contributed by atoms with Crippen LogP contribution in [0, 0.1) is 11.8 Å². The lowest BCUT2D eigenvalue weighted by Crippen LogP contribution is -2.38. The molecule has 0 aromatic heterocycles. The van der Waals surface area contributed by atoms with Crippen molar-refractivity contribution in [1.82, 2.24) is 9.80 Å².